The topological polar surface area (TPSA) is 37.9 Å². The summed E-state index contributed by atoms with van der Waals surface area (Å²) >= 11 is 5.46. The van der Waals surface area contributed by atoms with Gasteiger partial charge in [0.1, 0.15) is 5.69 Å². The fourth-order valence-electron chi connectivity index (χ4n) is 1.43. The second-order valence-electron chi connectivity index (χ2n) is 3.99. The molecule has 0 saturated heterocycles. The number of alkyl halides is 6. The van der Waals surface area contributed by atoms with Crippen molar-refractivity contribution in [2.75, 3.05) is 0 Å². The predicted molar refractivity (Wildman–Crippen MR) is 60.1 cm³/mol. The Kier molecular flexibility index (Phi) is 3.98. The highest BCUT2D eigenvalue weighted by Gasteiger charge is 2.34. The fraction of sp³-hybridized carbons (Fsp3) is 0.182. The van der Waals surface area contributed by atoms with Gasteiger partial charge in [-0.2, -0.15) is 26.3 Å². The van der Waals surface area contributed by atoms with Gasteiger partial charge in [0.2, 0.25) is 5.88 Å². The molecule has 11 heteroatoms. The summed E-state index contributed by atoms with van der Waals surface area (Å²) < 4.78 is 92.6. The number of halogens is 8. The Morgan fingerprint density at radius 1 is 1.00 bits per heavy atom. The number of H-pyrrole nitrogens is 1. The maximum Gasteiger partial charge on any atom is 0.432 e. The summed E-state index contributed by atoms with van der Waals surface area (Å²) in [5.41, 5.74) is -2.63. The van der Waals surface area contributed by atoms with E-state index in [2.05, 4.69) is 9.84 Å². The number of rotatable bonds is 2. The van der Waals surface area contributed by atoms with Crippen molar-refractivity contribution < 1.29 is 35.5 Å². The SMILES string of the molecule is Fc1cc(C(F)(F)F)cc(Cl)c1Oc1cc(C(F)(F)F)[nH]n1. The van der Waals surface area contributed by atoms with Crippen molar-refractivity contribution in [1.29, 1.82) is 0 Å². The minimum absolute atomic E-state index is 0.110. The third-order valence-corrected chi connectivity index (χ3v) is 2.67. The Balaban J connectivity index is 2.33. The fourth-order valence-corrected chi connectivity index (χ4v) is 1.67. The summed E-state index contributed by atoms with van der Waals surface area (Å²) in [5, 5.41) is 3.95. The Labute approximate surface area is 122 Å². The molecule has 1 N–H and O–H groups in total. The van der Waals surface area contributed by atoms with Crippen molar-refractivity contribution >= 4 is 11.6 Å². The van der Waals surface area contributed by atoms with Crippen LogP contribution in [-0.4, -0.2) is 10.2 Å². The smallest absolute Gasteiger partial charge is 0.432 e. The van der Waals surface area contributed by atoms with E-state index in [9.17, 15) is 30.7 Å². The zero-order valence-electron chi connectivity index (χ0n) is 10.1. The van der Waals surface area contributed by atoms with Crippen molar-refractivity contribution in [3.05, 3.63) is 40.3 Å². The van der Waals surface area contributed by atoms with Gasteiger partial charge in [-0.05, 0) is 12.1 Å². The molecule has 3 nitrogen and oxygen atoms in total. The average molecular weight is 349 g/mol. The molecule has 0 radical (unpaired) electrons. The Bertz CT molecular complexity index is 669. The van der Waals surface area contributed by atoms with Crippen molar-refractivity contribution in [2.24, 2.45) is 0 Å². The van der Waals surface area contributed by atoms with Gasteiger partial charge < -0.3 is 4.74 Å². The maximum absolute atomic E-state index is 13.6. The van der Waals surface area contributed by atoms with Gasteiger partial charge in [-0.1, -0.05) is 11.6 Å². The van der Waals surface area contributed by atoms with Gasteiger partial charge in [0.05, 0.1) is 10.6 Å². The van der Waals surface area contributed by atoms with Gasteiger partial charge in [-0.15, -0.1) is 5.10 Å². The molecule has 0 unspecified atom stereocenters. The highest BCUT2D eigenvalue weighted by Crippen LogP contribution is 2.39. The van der Waals surface area contributed by atoms with Crippen LogP contribution in [0.3, 0.4) is 0 Å². The lowest BCUT2D eigenvalue weighted by Gasteiger charge is -2.11. The zero-order valence-corrected chi connectivity index (χ0v) is 10.9. The summed E-state index contributed by atoms with van der Waals surface area (Å²) in [4.78, 5) is 0. The van der Waals surface area contributed by atoms with Crippen LogP contribution in [0.25, 0.3) is 0 Å². The number of nitrogens with one attached hydrogen (secondary N) is 1. The van der Waals surface area contributed by atoms with E-state index in [-0.39, 0.29) is 6.07 Å². The van der Waals surface area contributed by atoms with E-state index in [1.54, 1.807) is 5.10 Å². The van der Waals surface area contributed by atoms with E-state index in [0.717, 1.165) is 0 Å². The van der Waals surface area contributed by atoms with Gasteiger partial charge in [-0.3, -0.25) is 5.10 Å². The van der Waals surface area contributed by atoms with Crippen LogP contribution >= 0.6 is 11.6 Å². The van der Waals surface area contributed by atoms with Gasteiger partial charge in [0.15, 0.2) is 11.6 Å². The van der Waals surface area contributed by atoms with Crippen LogP contribution in [-0.2, 0) is 12.4 Å². The normalized spacial score (nSPS) is 12.5. The van der Waals surface area contributed by atoms with Crippen molar-refractivity contribution in [3.63, 3.8) is 0 Å². The first-order valence-electron chi connectivity index (χ1n) is 5.35. The Hall–Kier alpha value is -1.97. The summed E-state index contributed by atoms with van der Waals surface area (Å²) in [6, 6.07) is 0.906. The van der Waals surface area contributed by atoms with E-state index in [0.29, 0.717) is 12.1 Å². The van der Waals surface area contributed by atoms with Gasteiger partial charge in [0.25, 0.3) is 0 Å². The quantitative estimate of drug-likeness (QED) is 0.773. The molecule has 0 spiro atoms. The minimum Gasteiger partial charge on any atom is -0.433 e. The zero-order chi connectivity index (χ0) is 16.7. The lowest BCUT2D eigenvalue weighted by Crippen LogP contribution is -2.06. The maximum atomic E-state index is 13.6. The monoisotopic (exact) mass is 348 g/mol. The van der Waals surface area contributed by atoms with E-state index in [1.165, 1.54) is 0 Å². The van der Waals surface area contributed by atoms with Gasteiger partial charge >= 0.3 is 12.4 Å². The van der Waals surface area contributed by atoms with E-state index in [1.807, 2.05) is 0 Å². The number of hydrogen-bond acceptors (Lipinski definition) is 2. The molecule has 120 valence electrons. The van der Waals surface area contributed by atoms with Crippen molar-refractivity contribution in [3.8, 4) is 11.6 Å². The Morgan fingerprint density at radius 2 is 1.64 bits per heavy atom. The number of aromatic nitrogens is 2. The molecule has 0 bridgehead atoms. The third-order valence-electron chi connectivity index (χ3n) is 2.39. The molecule has 0 aliphatic heterocycles. The molecule has 1 heterocycles. The number of nitrogens with zero attached hydrogens (tertiary/aromatic N) is 1. The van der Waals surface area contributed by atoms with Crippen LogP contribution in [0.2, 0.25) is 5.02 Å². The third kappa shape index (κ3) is 3.43. The molecule has 22 heavy (non-hydrogen) atoms. The van der Waals surface area contributed by atoms with E-state index >= 15 is 0 Å². The number of ether oxygens (including phenoxy) is 1. The van der Waals surface area contributed by atoms with Crippen molar-refractivity contribution in [2.45, 2.75) is 12.4 Å². The molecule has 2 rings (SSSR count). The van der Waals surface area contributed by atoms with Crippen LogP contribution in [0.1, 0.15) is 11.3 Å². The first-order chi connectivity index (χ1) is 9.98. The van der Waals surface area contributed by atoms with Crippen LogP contribution < -0.4 is 4.74 Å². The van der Waals surface area contributed by atoms with Gasteiger partial charge in [-0.25, -0.2) is 4.39 Å². The standard InChI is InChI=1S/C11H4ClF7N2O/c12-5-1-4(10(14,15)16)2-6(13)9(5)22-8-3-7(20-21-8)11(17,18)19/h1-3H,(H,20,21). The molecule has 0 amide bonds. The molecular weight excluding hydrogens is 345 g/mol. The summed E-state index contributed by atoms with van der Waals surface area (Å²) in [6.45, 7) is 0. The second-order valence-corrected chi connectivity index (χ2v) is 4.39. The Morgan fingerprint density at radius 3 is 2.09 bits per heavy atom. The first-order valence-corrected chi connectivity index (χ1v) is 5.73. The van der Waals surface area contributed by atoms with Crippen LogP contribution in [0.5, 0.6) is 11.6 Å². The summed E-state index contributed by atoms with van der Waals surface area (Å²) in [5.74, 6) is -3.06. The lowest BCUT2D eigenvalue weighted by atomic mass is 10.2. The molecule has 0 atom stereocenters. The summed E-state index contributed by atoms with van der Waals surface area (Å²) in [7, 11) is 0. The molecule has 0 saturated carbocycles. The largest absolute Gasteiger partial charge is 0.433 e. The lowest BCUT2D eigenvalue weighted by molar-refractivity contribution is -0.141. The van der Waals surface area contributed by atoms with Crippen LogP contribution in [0.15, 0.2) is 18.2 Å². The molecule has 0 aliphatic carbocycles. The number of benzene rings is 1. The van der Waals surface area contributed by atoms with E-state index in [4.69, 9.17) is 11.6 Å². The van der Waals surface area contributed by atoms with Crippen molar-refractivity contribution in [1.82, 2.24) is 10.2 Å². The average Bonchev–Trinajstić information content (AvgIpc) is 2.80. The van der Waals surface area contributed by atoms with Gasteiger partial charge in [0, 0.05) is 6.07 Å². The molecule has 1 aromatic heterocycles. The highest BCUT2D eigenvalue weighted by molar-refractivity contribution is 6.32. The second kappa shape index (κ2) is 5.34. The molecule has 0 fully saturated rings. The molecular formula is C11H4ClF7N2O. The molecule has 0 aliphatic rings. The summed E-state index contributed by atoms with van der Waals surface area (Å²) in [6.07, 6.45) is -9.57. The first kappa shape index (κ1) is 16.4. The molecule has 1 aromatic carbocycles. The molecule has 2 aromatic rings. The highest BCUT2D eigenvalue weighted by atomic mass is 35.5. The van der Waals surface area contributed by atoms with E-state index < -0.39 is 46.1 Å². The predicted octanol–water partition coefficient (Wildman–Crippen LogP) is 5.03. The number of hydrogen-bond donors (Lipinski definition) is 1. The van der Waals surface area contributed by atoms with Crippen LogP contribution in [0, 0.1) is 5.82 Å². The van der Waals surface area contributed by atoms with Crippen LogP contribution in [0.4, 0.5) is 30.7 Å². The minimum atomic E-state index is -4.83. The number of aromatic amines is 1.